The molecule has 98 valence electrons. The van der Waals surface area contributed by atoms with Crippen LogP contribution in [0.3, 0.4) is 0 Å². The van der Waals surface area contributed by atoms with Gasteiger partial charge in [0.15, 0.2) is 5.17 Å². The molecule has 1 aromatic carbocycles. The highest BCUT2D eigenvalue weighted by atomic mass is 32.2. The van der Waals surface area contributed by atoms with Crippen LogP contribution in [0.4, 0.5) is 5.69 Å². The molecule has 0 unspecified atom stereocenters. The van der Waals surface area contributed by atoms with E-state index in [1.54, 1.807) is 0 Å². The lowest BCUT2D eigenvalue weighted by Gasteiger charge is -2.27. The molecule has 1 aliphatic heterocycles. The minimum Gasteiger partial charge on any atom is -0.335 e. The third kappa shape index (κ3) is 3.08. The molecule has 0 bridgehead atoms. The minimum atomic E-state index is 0.0695. The van der Waals surface area contributed by atoms with Crippen LogP contribution in [0.15, 0.2) is 17.1 Å². The van der Waals surface area contributed by atoms with E-state index in [1.165, 1.54) is 22.4 Å². The van der Waals surface area contributed by atoms with Gasteiger partial charge in [0.05, 0.1) is 5.54 Å². The summed E-state index contributed by atoms with van der Waals surface area (Å²) in [6.45, 7) is 10.8. The summed E-state index contributed by atoms with van der Waals surface area (Å²) in [7, 11) is 0. The van der Waals surface area contributed by atoms with Crippen LogP contribution in [-0.2, 0) is 0 Å². The van der Waals surface area contributed by atoms with Gasteiger partial charge >= 0.3 is 0 Å². The fourth-order valence-corrected chi connectivity index (χ4v) is 3.59. The summed E-state index contributed by atoms with van der Waals surface area (Å²) in [6, 6.07) is 4.43. The first kappa shape index (κ1) is 13.5. The van der Waals surface area contributed by atoms with Crippen molar-refractivity contribution in [3.63, 3.8) is 0 Å². The molecule has 1 heterocycles. The molecule has 0 aromatic heterocycles. The molecule has 0 fully saturated rings. The van der Waals surface area contributed by atoms with Crippen LogP contribution in [0.2, 0.25) is 0 Å². The van der Waals surface area contributed by atoms with Crippen molar-refractivity contribution in [3.8, 4) is 0 Å². The first-order chi connectivity index (χ1) is 8.37. The number of aliphatic imine (C=N–C) groups is 1. The van der Waals surface area contributed by atoms with E-state index in [9.17, 15) is 0 Å². The van der Waals surface area contributed by atoms with Crippen LogP contribution in [0.5, 0.6) is 0 Å². The summed E-state index contributed by atoms with van der Waals surface area (Å²) in [5, 5.41) is 4.57. The van der Waals surface area contributed by atoms with E-state index in [0.29, 0.717) is 0 Å². The number of rotatable bonds is 1. The summed E-state index contributed by atoms with van der Waals surface area (Å²) in [5.74, 6) is 1.14. The summed E-state index contributed by atoms with van der Waals surface area (Å²) in [4.78, 5) is 4.78. The highest BCUT2D eigenvalue weighted by Gasteiger charge is 2.22. The lowest BCUT2D eigenvalue weighted by atomic mass is 10.0. The molecule has 0 spiro atoms. The van der Waals surface area contributed by atoms with Gasteiger partial charge in [0.25, 0.3) is 0 Å². The smallest absolute Gasteiger partial charge is 0.161 e. The zero-order valence-corrected chi connectivity index (χ0v) is 12.7. The number of aryl methyl sites for hydroxylation is 3. The Kier molecular flexibility index (Phi) is 3.71. The Hall–Kier alpha value is -0.960. The molecule has 1 aromatic rings. The van der Waals surface area contributed by atoms with Gasteiger partial charge in [-0.3, -0.25) is 4.99 Å². The summed E-state index contributed by atoms with van der Waals surface area (Å²) < 4.78 is 0. The van der Waals surface area contributed by atoms with Crippen molar-refractivity contribution in [1.82, 2.24) is 0 Å². The first-order valence-corrected chi connectivity index (χ1v) is 7.43. The number of amidine groups is 1. The molecular weight excluding hydrogens is 240 g/mol. The Bertz CT molecular complexity index is 466. The molecule has 1 N–H and O–H groups in total. The van der Waals surface area contributed by atoms with Gasteiger partial charge in [0.1, 0.15) is 0 Å². The Morgan fingerprint density at radius 3 is 2.33 bits per heavy atom. The molecule has 0 atom stereocenters. The normalized spacial score (nSPS) is 18.4. The van der Waals surface area contributed by atoms with Crippen molar-refractivity contribution in [2.45, 2.75) is 46.6 Å². The van der Waals surface area contributed by atoms with Crippen LogP contribution in [0, 0.1) is 20.8 Å². The third-order valence-corrected chi connectivity index (χ3v) is 4.14. The second kappa shape index (κ2) is 4.96. The maximum absolute atomic E-state index is 4.78. The quantitative estimate of drug-likeness (QED) is 0.816. The molecule has 0 radical (unpaired) electrons. The lowest BCUT2D eigenvalue weighted by Crippen LogP contribution is -2.27. The second-order valence-corrected chi connectivity index (χ2v) is 6.81. The predicted molar refractivity (Wildman–Crippen MR) is 82.9 cm³/mol. The third-order valence-electron chi connectivity index (χ3n) is 3.27. The Morgan fingerprint density at radius 2 is 1.78 bits per heavy atom. The standard InChI is InChI=1S/C15H22N2S/c1-10-8-11(2)13(12(3)9-10)16-14-17-15(4,5)6-7-18-14/h8-9H,6-7H2,1-5H3,(H,16,17). The molecule has 0 amide bonds. The number of thioether (sulfide) groups is 1. The van der Waals surface area contributed by atoms with Gasteiger partial charge in [0, 0.05) is 11.4 Å². The Labute approximate surface area is 114 Å². The van der Waals surface area contributed by atoms with E-state index in [4.69, 9.17) is 4.99 Å². The van der Waals surface area contributed by atoms with Gasteiger partial charge in [-0.1, -0.05) is 29.5 Å². The lowest BCUT2D eigenvalue weighted by molar-refractivity contribution is 0.507. The zero-order valence-electron chi connectivity index (χ0n) is 11.9. The molecule has 2 nitrogen and oxygen atoms in total. The molecule has 0 saturated carbocycles. The maximum Gasteiger partial charge on any atom is 0.161 e. The number of anilines is 1. The fourth-order valence-electron chi connectivity index (χ4n) is 2.31. The topological polar surface area (TPSA) is 24.4 Å². The van der Waals surface area contributed by atoms with Crippen molar-refractivity contribution in [3.05, 3.63) is 28.8 Å². The van der Waals surface area contributed by atoms with E-state index in [1.807, 2.05) is 11.8 Å². The van der Waals surface area contributed by atoms with Gasteiger partial charge in [-0.25, -0.2) is 0 Å². The van der Waals surface area contributed by atoms with E-state index >= 15 is 0 Å². The molecule has 18 heavy (non-hydrogen) atoms. The number of benzene rings is 1. The summed E-state index contributed by atoms with van der Waals surface area (Å²) >= 11 is 1.82. The van der Waals surface area contributed by atoms with Gasteiger partial charge in [0.2, 0.25) is 0 Å². The average Bonchev–Trinajstić information content (AvgIpc) is 2.22. The molecule has 0 aliphatic carbocycles. The van der Waals surface area contributed by atoms with Crippen molar-refractivity contribution in [2.75, 3.05) is 11.1 Å². The Balaban J connectivity index is 2.27. The van der Waals surface area contributed by atoms with Crippen molar-refractivity contribution < 1.29 is 0 Å². The summed E-state index contributed by atoms with van der Waals surface area (Å²) in [5.41, 5.74) is 5.18. The van der Waals surface area contributed by atoms with E-state index < -0.39 is 0 Å². The van der Waals surface area contributed by atoms with E-state index in [2.05, 4.69) is 52.1 Å². The first-order valence-electron chi connectivity index (χ1n) is 6.45. The predicted octanol–water partition coefficient (Wildman–Crippen LogP) is 4.30. The fraction of sp³-hybridized carbons (Fsp3) is 0.533. The number of hydrogen-bond donors (Lipinski definition) is 1. The van der Waals surface area contributed by atoms with E-state index in [-0.39, 0.29) is 5.54 Å². The highest BCUT2D eigenvalue weighted by molar-refractivity contribution is 8.14. The molecule has 2 rings (SSSR count). The molecular formula is C15H22N2S. The van der Waals surface area contributed by atoms with Crippen molar-refractivity contribution in [2.24, 2.45) is 4.99 Å². The summed E-state index contributed by atoms with van der Waals surface area (Å²) in [6.07, 6.45) is 1.15. The largest absolute Gasteiger partial charge is 0.335 e. The highest BCUT2D eigenvalue weighted by Crippen LogP contribution is 2.29. The monoisotopic (exact) mass is 262 g/mol. The van der Waals surface area contributed by atoms with Gasteiger partial charge in [-0.15, -0.1) is 0 Å². The van der Waals surface area contributed by atoms with Crippen molar-refractivity contribution >= 4 is 22.6 Å². The van der Waals surface area contributed by atoms with Crippen LogP contribution >= 0.6 is 11.8 Å². The van der Waals surface area contributed by atoms with Crippen LogP contribution in [0.25, 0.3) is 0 Å². The van der Waals surface area contributed by atoms with Crippen LogP contribution in [0.1, 0.15) is 37.0 Å². The van der Waals surface area contributed by atoms with Crippen LogP contribution < -0.4 is 5.32 Å². The van der Waals surface area contributed by atoms with Crippen LogP contribution in [-0.4, -0.2) is 16.5 Å². The van der Waals surface area contributed by atoms with Gasteiger partial charge in [-0.2, -0.15) is 0 Å². The SMILES string of the molecule is Cc1cc(C)c(NC2=NC(C)(C)CCS2)c(C)c1. The maximum atomic E-state index is 4.78. The number of hydrogen-bond acceptors (Lipinski definition) is 3. The molecule has 0 saturated heterocycles. The number of nitrogens with one attached hydrogen (secondary N) is 1. The average molecular weight is 262 g/mol. The van der Waals surface area contributed by atoms with Gasteiger partial charge < -0.3 is 5.32 Å². The Morgan fingerprint density at radius 1 is 1.17 bits per heavy atom. The van der Waals surface area contributed by atoms with E-state index in [0.717, 1.165) is 17.3 Å². The second-order valence-electron chi connectivity index (χ2n) is 5.73. The molecule has 1 aliphatic rings. The molecule has 3 heteroatoms. The number of nitrogens with zero attached hydrogens (tertiary/aromatic N) is 1. The van der Waals surface area contributed by atoms with Crippen molar-refractivity contribution in [1.29, 1.82) is 0 Å². The minimum absolute atomic E-state index is 0.0695. The van der Waals surface area contributed by atoms with Gasteiger partial charge in [-0.05, 0) is 52.2 Å². The zero-order chi connectivity index (χ0) is 13.3.